The Hall–Kier alpha value is -3.44. The monoisotopic (exact) mass is 448 g/mol. The molecule has 2 aliphatic heterocycles. The Morgan fingerprint density at radius 3 is 2.78 bits per heavy atom. The van der Waals surface area contributed by atoms with Crippen LogP contribution in [0.1, 0.15) is 16.7 Å². The van der Waals surface area contributed by atoms with Crippen LogP contribution in [0.25, 0.3) is 0 Å². The third-order valence-electron chi connectivity index (χ3n) is 5.28. The van der Waals surface area contributed by atoms with Crippen molar-refractivity contribution in [2.45, 2.75) is 24.9 Å². The van der Waals surface area contributed by atoms with Gasteiger partial charge in [0.2, 0.25) is 0 Å². The fraction of sp³-hybridized carbons (Fsp3) is 0.286. The van der Waals surface area contributed by atoms with Crippen LogP contribution in [0.3, 0.4) is 0 Å². The Morgan fingerprint density at radius 1 is 1.28 bits per heavy atom. The van der Waals surface area contributed by atoms with Crippen LogP contribution in [-0.2, 0) is 27.0 Å². The lowest BCUT2D eigenvalue weighted by atomic mass is 10.1. The van der Waals surface area contributed by atoms with Gasteiger partial charge in [0, 0.05) is 24.3 Å². The van der Waals surface area contributed by atoms with Crippen LogP contribution in [-0.4, -0.2) is 48.1 Å². The molecule has 2 aliphatic rings. The van der Waals surface area contributed by atoms with Gasteiger partial charge >= 0.3 is 6.18 Å². The summed E-state index contributed by atoms with van der Waals surface area (Å²) in [5.41, 5.74) is 0.451. The van der Waals surface area contributed by atoms with Crippen molar-refractivity contribution in [2.24, 2.45) is 0 Å². The lowest BCUT2D eigenvalue weighted by Crippen LogP contribution is -2.55. The predicted molar refractivity (Wildman–Crippen MR) is 108 cm³/mol. The van der Waals surface area contributed by atoms with E-state index in [4.69, 9.17) is 10.1 Å². The average molecular weight is 448 g/mol. The van der Waals surface area contributed by atoms with E-state index in [0.29, 0.717) is 17.8 Å². The fourth-order valence-corrected chi connectivity index (χ4v) is 3.71. The van der Waals surface area contributed by atoms with E-state index >= 15 is 0 Å². The van der Waals surface area contributed by atoms with Crippen molar-refractivity contribution in [3.8, 4) is 0 Å². The number of morpholine rings is 1. The van der Waals surface area contributed by atoms with E-state index in [0.717, 1.165) is 22.6 Å². The first-order chi connectivity index (χ1) is 15.2. The van der Waals surface area contributed by atoms with Gasteiger partial charge in [-0.2, -0.15) is 13.2 Å². The number of amides is 2. The van der Waals surface area contributed by atoms with Crippen LogP contribution < -0.4 is 15.5 Å². The lowest BCUT2D eigenvalue weighted by molar-refractivity contribution is -0.150. The number of hydrogen-bond acceptors (Lipinski definition) is 5. The van der Waals surface area contributed by atoms with Gasteiger partial charge in [-0.3, -0.25) is 15.0 Å². The molecule has 0 bridgehead atoms. The minimum absolute atomic E-state index is 0.152. The van der Waals surface area contributed by atoms with Crippen molar-refractivity contribution in [3.05, 3.63) is 59.2 Å². The zero-order chi connectivity index (χ0) is 23.0. The number of fused-ring (bicyclic) bond motifs is 1. The van der Waals surface area contributed by atoms with Crippen LogP contribution in [0.5, 0.6) is 0 Å². The van der Waals surface area contributed by atoms with Gasteiger partial charge in [-0.05, 0) is 35.9 Å². The Balaban J connectivity index is 1.51. The van der Waals surface area contributed by atoms with Crippen molar-refractivity contribution in [2.75, 3.05) is 23.4 Å². The largest absolute Gasteiger partial charge is 0.418 e. The highest BCUT2D eigenvalue weighted by atomic mass is 19.4. The third-order valence-corrected chi connectivity index (χ3v) is 5.28. The summed E-state index contributed by atoms with van der Waals surface area (Å²) in [4.78, 5) is 26.3. The first kappa shape index (κ1) is 21.8. The Labute approximate surface area is 180 Å². The quantitative estimate of drug-likeness (QED) is 0.570. The topological polar surface area (TPSA) is 115 Å². The molecule has 2 amide bonds. The standard InChI is InChI=1S/C21H19F3N4O4/c22-21(23,24)14-3-1-2-4-15(14)28-7-8-32-17(20(28)31)16(29)19(30)27-12-5-6-13-11(9-12)10-26-18(13)25/h1-6,9,16-17,29H,7-8,10H2,(H2,25,26)(H,27,30)/t16-,17-/m1/s1. The number of aliphatic hydroxyl groups is 1. The minimum atomic E-state index is -4.68. The van der Waals surface area contributed by atoms with Gasteiger partial charge in [0.1, 0.15) is 5.84 Å². The number of amidine groups is 1. The predicted octanol–water partition coefficient (Wildman–Crippen LogP) is 1.87. The highest BCUT2D eigenvalue weighted by molar-refractivity contribution is 6.05. The van der Waals surface area contributed by atoms with Crippen molar-refractivity contribution in [1.29, 1.82) is 5.41 Å². The van der Waals surface area contributed by atoms with Crippen LogP contribution in [0.4, 0.5) is 24.5 Å². The summed E-state index contributed by atoms with van der Waals surface area (Å²) in [7, 11) is 0. The summed E-state index contributed by atoms with van der Waals surface area (Å²) in [5, 5.41) is 23.5. The SMILES string of the molecule is N=C1NCc2cc(NC(=O)[C@H](O)[C@H]3OCCN(c4ccccc4C(F)(F)F)C3=O)ccc21. The number of carbonyl (C=O) groups excluding carboxylic acids is 2. The molecule has 8 nitrogen and oxygen atoms in total. The molecular weight excluding hydrogens is 429 g/mol. The molecule has 1 saturated heterocycles. The number of alkyl halides is 3. The Morgan fingerprint density at radius 2 is 2.03 bits per heavy atom. The smallest absolute Gasteiger partial charge is 0.380 e. The van der Waals surface area contributed by atoms with Crippen LogP contribution >= 0.6 is 0 Å². The fourth-order valence-electron chi connectivity index (χ4n) is 3.71. The van der Waals surface area contributed by atoms with Gasteiger partial charge in [-0.15, -0.1) is 0 Å². The molecule has 4 rings (SSSR count). The number of nitrogens with one attached hydrogen (secondary N) is 3. The van der Waals surface area contributed by atoms with Gasteiger partial charge in [-0.1, -0.05) is 12.1 Å². The summed E-state index contributed by atoms with van der Waals surface area (Å²) in [6.07, 6.45) is -8.28. The van der Waals surface area contributed by atoms with Gasteiger partial charge < -0.3 is 25.4 Å². The van der Waals surface area contributed by atoms with Crippen LogP contribution in [0, 0.1) is 5.41 Å². The minimum Gasteiger partial charge on any atom is -0.380 e. The number of halogens is 3. The normalized spacial score (nSPS) is 19.4. The van der Waals surface area contributed by atoms with E-state index in [1.807, 2.05) is 0 Å². The maximum absolute atomic E-state index is 13.4. The second-order valence-corrected chi connectivity index (χ2v) is 7.33. The molecule has 0 radical (unpaired) electrons. The molecular formula is C21H19F3N4O4. The zero-order valence-corrected chi connectivity index (χ0v) is 16.6. The average Bonchev–Trinajstić information content (AvgIpc) is 3.13. The van der Waals surface area contributed by atoms with Gasteiger partial charge in [0.05, 0.1) is 17.9 Å². The second kappa shape index (κ2) is 8.24. The third kappa shape index (κ3) is 4.04. The first-order valence-electron chi connectivity index (χ1n) is 9.70. The van der Waals surface area contributed by atoms with Gasteiger partial charge in [0.25, 0.3) is 11.8 Å². The van der Waals surface area contributed by atoms with E-state index in [2.05, 4.69) is 10.6 Å². The van der Waals surface area contributed by atoms with Crippen LogP contribution in [0.15, 0.2) is 42.5 Å². The number of anilines is 2. The summed E-state index contributed by atoms with van der Waals surface area (Å²) < 4.78 is 45.4. The summed E-state index contributed by atoms with van der Waals surface area (Å²) in [6.45, 7) is 0.109. The first-order valence-corrected chi connectivity index (χ1v) is 9.70. The summed E-state index contributed by atoms with van der Waals surface area (Å²) in [6, 6.07) is 9.41. The van der Waals surface area contributed by atoms with Crippen molar-refractivity contribution in [3.63, 3.8) is 0 Å². The molecule has 32 heavy (non-hydrogen) atoms. The lowest BCUT2D eigenvalue weighted by Gasteiger charge is -2.35. The number of ether oxygens (including phenoxy) is 1. The number of benzene rings is 2. The molecule has 2 aromatic carbocycles. The molecule has 2 heterocycles. The number of aliphatic hydroxyl groups excluding tert-OH is 1. The number of para-hydroxylation sites is 1. The second-order valence-electron chi connectivity index (χ2n) is 7.33. The van der Waals surface area contributed by atoms with Gasteiger partial charge in [-0.25, -0.2) is 0 Å². The van der Waals surface area contributed by atoms with E-state index in [9.17, 15) is 27.9 Å². The number of hydrogen-bond donors (Lipinski definition) is 4. The molecule has 0 unspecified atom stereocenters. The molecule has 4 N–H and O–H groups in total. The molecule has 1 fully saturated rings. The maximum atomic E-state index is 13.4. The summed E-state index contributed by atoms with van der Waals surface area (Å²) in [5.74, 6) is -1.61. The van der Waals surface area contributed by atoms with Crippen LogP contribution in [0.2, 0.25) is 0 Å². The maximum Gasteiger partial charge on any atom is 0.418 e. The molecule has 11 heteroatoms. The summed E-state index contributed by atoms with van der Waals surface area (Å²) >= 11 is 0. The highest BCUT2D eigenvalue weighted by Gasteiger charge is 2.42. The van der Waals surface area contributed by atoms with E-state index < -0.39 is 35.8 Å². The van der Waals surface area contributed by atoms with Gasteiger partial charge in [0.15, 0.2) is 12.2 Å². The number of carbonyl (C=O) groups is 2. The van der Waals surface area contributed by atoms with Crippen molar-refractivity contribution < 1.29 is 32.6 Å². The van der Waals surface area contributed by atoms with E-state index in [1.54, 1.807) is 18.2 Å². The van der Waals surface area contributed by atoms with E-state index in [-0.39, 0.29) is 24.7 Å². The molecule has 168 valence electrons. The molecule has 0 aromatic heterocycles. The molecule has 0 aliphatic carbocycles. The molecule has 0 spiro atoms. The molecule has 2 atom stereocenters. The Kier molecular flexibility index (Phi) is 5.61. The highest BCUT2D eigenvalue weighted by Crippen LogP contribution is 2.37. The van der Waals surface area contributed by atoms with Crippen molar-refractivity contribution in [1.82, 2.24) is 5.32 Å². The van der Waals surface area contributed by atoms with Crippen molar-refractivity contribution >= 4 is 29.0 Å². The molecule has 2 aromatic rings. The molecule has 0 saturated carbocycles. The Bertz CT molecular complexity index is 1090. The number of rotatable bonds is 4. The zero-order valence-electron chi connectivity index (χ0n) is 16.6. The number of nitrogens with zero attached hydrogens (tertiary/aromatic N) is 1. The van der Waals surface area contributed by atoms with E-state index in [1.165, 1.54) is 12.1 Å².